The first-order valence-corrected chi connectivity index (χ1v) is 35.0. The van der Waals surface area contributed by atoms with Crippen molar-refractivity contribution >= 4 is 69.0 Å². The molecule has 2 heterocycles. The number of nitrogens with one attached hydrogen (secondary N) is 6. The van der Waals surface area contributed by atoms with E-state index in [1.165, 1.54) is 38.6 Å². The zero-order valence-electron chi connectivity index (χ0n) is 58.9. The van der Waals surface area contributed by atoms with Crippen molar-refractivity contribution in [2.75, 3.05) is 53.0 Å². The quantitative estimate of drug-likeness (QED) is 0.0215. The van der Waals surface area contributed by atoms with E-state index in [-0.39, 0.29) is 61.7 Å². The van der Waals surface area contributed by atoms with Crippen LogP contribution >= 0.6 is 0 Å². The third-order valence-corrected chi connectivity index (χ3v) is 18.3. The van der Waals surface area contributed by atoms with Crippen molar-refractivity contribution in [2.45, 2.75) is 199 Å². The molecule has 12 atom stereocenters. The molecule has 10 amide bonds. The average molecular weight is 1370 g/mol. The van der Waals surface area contributed by atoms with Crippen LogP contribution in [-0.2, 0) is 64.2 Å². The highest BCUT2D eigenvalue weighted by Crippen LogP contribution is 2.31. The lowest BCUT2D eigenvalue weighted by Gasteiger charge is -2.41. The molecule has 9 N–H and O–H groups in total. The van der Waals surface area contributed by atoms with Gasteiger partial charge in [0.15, 0.2) is 0 Å². The van der Waals surface area contributed by atoms with Gasteiger partial charge in [-0.2, -0.15) is 0 Å². The molecular formula is C69H104N12O15S. The highest BCUT2D eigenvalue weighted by atomic mass is 32.2. The zero-order chi connectivity index (χ0) is 72.4. The summed E-state index contributed by atoms with van der Waals surface area (Å²) < 4.78 is 41.0. The monoisotopic (exact) mass is 1370 g/mol. The van der Waals surface area contributed by atoms with E-state index in [0.717, 1.165) is 6.26 Å². The van der Waals surface area contributed by atoms with Gasteiger partial charge >= 0.3 is 12.1 Å². The Morgan fingerprint density at radius 3 is 1.98 bits per heavy atom. The molecule has 1 aliphatic rings. The Bertz CT molecular complexity index is 3280. The molecule has 3 aromatic rings. The second-order valence-corrected chi connectivity index (χ2v) is 27.9. The van der Waals surface area contributed by atoms with Crippen LogP contribution in [0.1, 0.15) is 150 Å². The summed E-state index contributed by atoms with van der Waals surface area (Å²) in [5.74, 6) is 0.340. The maximum absolute atomic E-state index is 14.8. The minimum Gasteiger partial charge on any atom is -0.445 e. The molecule has 0 spiro atoms. The van der Waals surface area contributed by atoms with Crippen molar-refractivity contribution in [3.05, 3.63) is 83.7 Å². The summed E-state index contributed by atoms with van der Waals surface area (Å²) in [6, 6.07) is 8.65. The largest absolute Gasteiger partial charge is 0.445 e. The van der Waals surface area contributed by atoms with Gasteiger partial charge in [0.2, 0.25) is 56.3 Å². The smallest absolute Gasteiger partial charge is 0.410 e. The van der Waals surface area contributed by atoms with Crippen molar-refractivity contribution in [1.29, 1.82) is 0 Å². The fourth-order valence-electron chi connectivity index (χ4n) is 11.8. The first kappa shape index (κ1) is 81.2. The van der Waals surface area contributed by atoms with Gasteiger partial charge in [-0.05, 0) is 86.0 Å². The van der Waals surface area contributed by atoms with Crippen LogP contribution in [0.25, 0.3) is 0 Å². The van der Waals surface area contributed by atoms with Gasteiger partial charge in [0.05, 0.1) is 54.3 Å². The summed E-state index contributed by atoms with van der Waals surface area (Å²) in [5, 5.41) is 27.3. The summed E-state index contributed by atoms with van der Waals surface area (Å²) in [5.41, 5.74) is 7.16. The van der Waals surface area contributed by atoms with Gasteiger partial charge in [0.25, 0.3) is 0 Å². The third kappa shape index (κ3) is 24.7. The van der Waals surface area contributed by atoms with Gasteiger partial charge in [-0.3, -0.25) is 38.5 Å². The van der Waals surface area contributed by atoms with Crippen LogP contribution < -0.4 is 37.6 Å². The Balaban J connectivity index is 1.38. The molecule has 536 valence electrons. The van der Waals surface area contributed by atoms with E-state index in [4.69, 9.17) is 19.9 Å². The summed E-state index contributed by atoms with van der Waals surface area (Å²) in [7, 11) is 2.50. The molecule has 4 rings (SSSR count). The number of hydrogen-bond acceptors (Lipinski definition) is 17. The number of unbranched alkanes of at least 4 members (excludes halogenated alkanes) is 1. The van der Waals surface area contributed by atoms with Crippen LogP contribution in [0.3, 0.4) is 0 Å². The highest BCUT2D eigenvalue weighted by molar-refractivity contribution is 7.90. The van der Waals surface area contributed by atoms with E-state index in [1.54, 1.807) is 109 Å². The average Bonchev–Trinajstić information content (AvgIpc) is 1.72. The molecular weight excluding hydrogens is 1270 g/mol. The maximum atomic E-state index is 14.8. The molecule has 0 aliphatic carbocycles. The Morgan fingerprint density at radius 1 is 0.773 bits per heavy atom. The van der Waals surface area contributed by atoms with E-state index in [9.17, 15) is 56.7 Å². The van der Waals surface area contributed by atoms with Gasteiger partial charge in [0.1, 0.15) is 30.8 Å². The first-order chi connectivity index (χ1) is 45.8. The lowest BCUT2D eigenvalue weighted by atomic mass is 9.89. The Morgan fingerprint density at radius 2 is 1.41 bits per heavy atom. The zero-order valence-corrected chi connectivity index (χ0v) is 59.7. The molecule has 27 nitrogen and oxygen atoms in total. The van der Waals surface area contributed by atoms with Gasteiger partial charge in [-0.25, -0.2) is 28.0 Å². The van der Waals surface area contributed by atoms with Crippen molar-refractivity contribution in [3.8, 4) is 11.8 Å². The van der Waals surface area contributed by atoms with Crippen molar-refractivity contribution in [1.82, 2.24) is 51.3 Å². The number of amides is 10. The molecule has 1 fully saturated rings. The highest BCUT2D eigenvalue weighted by Gasteiger charge is 2.44. The number of aliphatic hydroxyl groups is 1. The number of urea groups is 1. The lowest BCUT2D eigenvalue weighted by Crippen LogP contribution is -2.60. The Hall–Kier alpha value is -8.26. The molecule has 97 heavy (non-hydrogen) atoms. The van der Waals surface area contributed by atoms with Crippen molar-refractivity contribution in [2.24, 2.45) is 35.3 Å². The lowest BCUT2D eigenvalue weighted by molar-refractivity contribution is -0.148. The van der Waals surface area contributed by atoms with E-state index in [2.05, 4.69) is 53.7 Å². The summed E-state index contributed by atoms with van der Waals surface area (Å²) in [4.78, 5) is 135. The maximum Gasteiger partial charge on any atom is 0.410 e. The summed E-state index contributed by atoms with van der Waals surface area (Å²) in [6.07, 6.45) is 3.13. The SMILES string of the molecule is CC[C@H](C)[C@@H]([C@@H](CC(=O)N1CCC[C@H]1[C@H](OC)[C@@H](C)C(=O)N[C@H](C)[C@H](O)c1ccccc1)OC)N(C)C(=O)[C@@H](NC(=O)[C@H](C(C)C)N(C)C(=O)OCc1ccc(NC(=O)[C@H](CCCNC(N)=O)NC(=O)[C@@H](NC(=O)CCCC#Cc2cnc(S(C)(=O)=O)nc2)C(C)C)cc1)C(C)C. The second kappa shape index (κ2) is 39.2. The molecule has 0 unspecified atom stereocenters. The van der Waals surface area contributed by atoms with Gasteiger partial charge < -0.3 is 66.8 Å². The number of carbonyl (C=O) groups is 9. The number of nitrogens with zero attached hydrogens (tertiary/aromatic N) is 5. The van der Waals surface area contributed by atoms with E-state index < -0.39 is 136 Å². The van der Waals surface area contributed by atoms with Crippen molar-refractivity contribution in [3.63, 3.8) is 0 Å². The normalized spacial score (nSPS) is 16.5. The second-order valence-electron chi connectivity index (χ2n) is 26.0. The molecule has 0 bridgehead atoms. The number of rotatable bonds is 36. The number of sulfone groups is 1. The van der Waals surface area contributed by atoms with E-state index in [1.807, 2.05) is 32.0 Å². The van der Waals surface area contributed by atoms with E-state index in [0.29, 0.717) is 61.0 Å². The van der Waals surface area contributed by atoms with Gasteiger partial charge in [-0.1, -0.05) is 123 Å². The number of primary amides is 1. The van der Waals surface area contributed by atoms with Crippen LogP contribution in [0.4, 0.5) is 15.3 Å². The molecule has 1 saturated heterocycles. The van der Waals surface area contributed by atoms with Crippen LogP contribution in [0.15, 0.2) is 72.1 Å². The number of likely N-dealkylation sites (tertiary alicyclic amines) is 1. The van der Waals surface area contributed by atoms with Crippen LogP contribution in [0, 0.1) is 41.4 Å². The Labute approximate surface area is 571 Å². The number of nitrogens with two attached hydrogens (primary N) is 1. The van der Waals surface area contributed by atoms with Gasteiger partial charge in [0, 0.05) is 78.6 Å². The number of likely N-dealkylation sites (N-methyl/N-ethyl adjacent to an activating group) is 2. The topological polar surface area (TPSA) is 369 Å². The number of methoxy groups -OCH3 is 2. The number of anilines is 1. The van der Waals surface area contributed by atoms with Crippen LogP contribution in [-0.4, -0.2) is 194 Å². The number of benzene rings is 2. The van der Waals surface area contributed by atoms with E-state index >= 15 is 0 Å². The third-order valence-electron chi connectivity index (χ3n) is 17.4. The summed E-state index contributed by atoms with van der Waals surface area (Å²) >= 11 is 0. The first-order valence-electron chi connectivity index (χ1n) is 33.1. The molecule has 28 heteroatoms. The standard InChI is InChI=1S/C69H104N12O15S/c1-16-44(8)59(53(94-13)37-55(83)81-36-24-29-52(81)61(95-14)45(9)62(85)74-46(10)60(84)49-26-20-18-21-27-49)79(11)66(89)57(42(4)5)78-65(88)58(43(6)7)80(12)69(91)96-40-47-31-33-50(34-32-47)75-63(86)51(28-23-35-71-67(70)90)76-64(87)56(41(2)3)77-54(82)30-22-17-19-25-48-38-72-68(73-39-48)97(15,92)93/h18,20-21,26-27,31-34,38-39,41-46,51-53,56-61,84H,16-17,22-24,28-30,35-37,40H2,1-15H3,(H,74,85)(H,75,86)(H,76,87)(H,77,82)(H,78,88)(H3,70,71,90)/t44-,45+,46+,51-,52-,53+,56-,57-,58-,59-,60-,61+/m0/s1. The fourth-order valence-corrected chi connectivity index (χ4v) is 12.2. The molecule has 1 aromatic heterocycles. The van der Waals surface area contributed by atoms with Crippen LogP contribution in [0.2, 0.25) is 0 Å². The number of aromatic nitrogens is 2. The predicted molar refractivity (Wildman–Crippen MR) is 365 cm³/mol. The molecule has 1 aliphatic heterocycles. The number of ether oxygens (including phenoxy) is 3. The minimum absolute atomic E-state index is 0.0284. The molecule has 2 aromatic carbocycles. The number of hydrogen-bond donors (Lipinski definition) is 8. The van der Waals surface area contributed by atoms with Crippen LogP contribution in [0.5, 0.6) is 0 Å². The molecule has 0 radical (unpaired) electrons. The molecule has 0 saturated carbocycles. The van der Waals surface area contributed by atoms with Gasteiger partial charge in [-0.15, -0.1) is 0 Å². The predicted octanol–water partition coefficient (Wildman–Crippen LogP) is 5.01. The number of aliphatic hydroxyl groups excluding tert-OH is 1. The minimum atomic E-state index is -3.57. The number of carbonyl (C=O) groups excluding carboxylic acids is 9. The fraction of sp³-hybridized carbons (Fsp3) is 0.609. The van der Waals surface area contributed by atoms with Crippen molar-refractivity contribution < 1.29 is 70.9 Å². The Kier molecular flexibility index (Phi) is 32.8. The summed E-state index contributed by atoms with van der Waals surface area (Å²) in [6.45, 7) is 18.3.